The van der Waals surface area contributed by atoms with Gasteiger partial charge in [0.1, 0.15) is 0 Å². The van der Waals surface area contributed by atoms with Crippen LogP contribution in [0.4, 0.5) is 5.69 Å². The number of aliphatic hydroxyl groups is 1. The van der Waals surface area contributed by atoms with E-state index in [0.717, 1.165) is 36.9 Å². The summed E-state index contributed by atoms with van der Waals surface area (Å²) in [6.45, 7) is 9.76. The van der Waals surface area contributed by atoms with Crippen LogP contribution in [0.3, 0.4) is 0 Å². The molecule has 2 rings (SSSR count). The lowest BCUT2D eigenvalue weighted by atomic mass is 10.2. The molecule has 22 heavy (non-hydrogen) atoms. The SMILES string of the molecule is CC(C)COCC(O)CN1CCN(c2ccccc2Cl)CC1. The summed E-state index contributed by atoms with van der Waals surface area (Å²) >= 11 is 6.25. The molecular weight excluding hydrogens is 300 g/mol. The number of nitrogens with zero attached hydrogens (tertiary/aromatic N) is 2. The van der Waals surface area contributed by atoms with Gasteiger partial charge in [-0.05, 0) is 18.1 Å². The van der Waals surface area contributed by atoms with Gasteiger partial charge in [-0.25, -0.2) is 0 Å². The Balaban J connectivity index is 1.72. The van der Waals surface area contributed by atoms with Crippen molar-refractivity contribution in [2.45, 2.75) is 20.0 Å². The fraction of sp³-hybridized carbons (Fsp3) is 0.647. The van der Waals surface area contributed by atoms with E-state index < -0.39 is 6.10 Å². The Kier molecular flexibility index (Phi) is 6.96. The lowest BCUT2D eigenvalue weighted by Crippen LogP contribution is -2.49. The Morgan fingerprint density at radius 1 is 1.14 bits per heavy atom. The second-order valence-corrected chi connectivity index (χ2v) is 6.73. The molecule has 0 radical (unpaired) electrons. The molecule has 0 amide bonds. The van der Waals surface area contributed by atoms with Crippen LogP contribution in [0, 0.1) is 5.92 Å². The maximum atomic E-state index is 10.0. The van der Waals surface area contributed by atoms with Gasteiger partial charge in [-0.2, -0.15) is 0 Å². The minimum absolute atomic E-state index is 0.411. The van der Waals surface area contributed by atoms with Crippen molar-refractivity contribution in [3.8, 4) is 0 Å². The third-order valence-electron chi connectivity index (χ3n) is 3.80. The van der Waals surface area contributed by atoms with Crippen molar-refractivity contribution >= 4 is 17.3 Å². The number of para-hydroxylation sites is 1. The molecule has 0 aliphatic carbocycles. The van der Waals surface area contributed by atoms with E-state index >= 15 is 0 Å². The summed E-state index contributed by atoms with van der Waals surface area (Å²) in [6.07, 6.45) is -0.411. The van der Waals surface area contributed by atoms with E-state index in [0.29, 0.717) is 25.7 Å². The van der Waals surface area contributed by atoms with Gasteiger partial charge in [0.25, 0.3) is 0 Å². The van der Waals surface area contributed by atoms with Crippen LogP contribution in [0.1, 0.15) is 13.8 Å². The summed E-state index contributed by atoms with van der Waals surface area (Å²) in [7, 11) is 0. The van der Waals surface area contributed by atoms with Gasteiger partial charge in [-0.1, -0.05) is 37.6 Å². The summed E-state index contributed by atoms with van der Waals surface area (Å²) in [5, 5.41) is 10.8. The molecule has 1 fully saturated rings. The molecule has 124 valence electrons. The topological polar surface area (TPSA) is 35.9 Å². The first-order valence-corrected chi connectivity index (χ1v) is 8.41. The summed E-state index contributed by atoms with van der Waals surface area (Å²) in [5.74, 6) is 0.506. The van der Waals surface area contributed by atoms with E-state index in [-0.39, 0.29) is 0 Å². The molecule has 1 aliphatic rings. The molecule has 0 saturated carbocycles. The summed E-state index contributed by atoms with van der Waals surface area (Å²) in [5.41, 5.74) is 1.10. The smallest absolute Gasteiger partial charge is 0.0900 e. The van der Waals surface area contributed by atoms with Crippen molar-refractivity contribution in [2.75, 3.05) is 50.8 Å². The average molecular weight is 327 g/mol. The number of ether oxygens (including phenoxy) is 1. The van der Waals surface area contributed by atoms with Crippen molar-refractivity contribution in [1.29, 1.82) is 0 Å². The fourth-order valence-corrected chi connectivity index (χ4v) is 2.93. The molecule has 1 unspecified atom stereocenters. The van der Waals surface area contributed by atoms with Crippen LogP contribution >= 0.6 is 11.6 Å². The summed E-state index contributed by atoms with van der Waals surface area (Å²) in [6, 6.07) is 7.96. The minimum atomic E-state index is -0.411. The van der Waals surface area contributed by atoms with Crippen LogP contribution in [-0.2, 0) is 4.74 Å². The normalized spacial score (nSPS) is 18.0. The molecule has 0 bridgehead atoms. The standard InChI is InChI=1S/C17H27ClN2O2/c1-14(2)12-22-13-15(21)11-19-7-9-20(10-8-19)17-6-4-3-5-16(17)18/h3-6,14-15,21H,7-13H2,1-2H3. The highest BCUT2D eigenvalue weighted by molar-refractivity contribution is 6.33. The van der Waals surface area contributed by atoms with Crippen molar-refractivity contribution in [1.82, 2.24) is 4.90 Å². The van der Waals surface area contributed by atoms with Gasteiger partial charge in [0.15, 0.2) is 0 Å². The van der Waals surface area contributed by atoms with Crippen LogP contribution in [0.2, 0.25) is 5.02 Å². The van der Waals surface area contributed by atoms with Gasteiger partial charge in [-0.15, -0.1) is 0 Å². The van der Waals surface area contributed by atoms with Crippen LogP contribution < -0.4 is 4.90 Å². The summed E-state index contributed by atoms with van der Waals surface area (Å²) < 4.78 is 5.50. The van der Waals surface area contributed by atoms with Crippen LogP contribution in [0.25, 0.3) is 0 Å². The lowest BCUT2D eigenvalue weighted by molar-refractivity contribution is 0.00747. The molecule has 5 heteroatoms. The molecule has 1 aromatic carbocycles. The predicted molar refractivity (Wildman–Crippen MR) is 91.8 cm³/mol. The van der Waals surface area contributed by atoms with E-state index in [1.54, 1.807) is 0 Å². The minimum Gasteiger partial charge on any atom is -0.389 e. The van der Waals surface area contributed by atoms with E-state index in [1.165, 1.54) is 0 Å². The third kappa shape index (κ3) is 5.43. The predicted octanol–water partition coefficient (Wildman–Crippen LogP) is 2.50. The zero-order valence-electron chi connectivity index (χ0n) is 13.5. The molecule has 0 aromatic heterocycles. The fourth-order valence-electron chi connectivity index (χ4n) is 2.67. The zero-order valence-corrected chi connectivity index (χ0v) is 14.3. The first-order valence-electron chi connectivity index (χ1n) is 8.04. The van der Waals surface area contributed by atoms with Crippen LogP contribution in [0.15, 0.2) is 24.3 Å². The number of hydrogen-bond donors (Lipinski definition) is 1. The third-order valence-corrected chi connectivity index (χ3v) is 4.12. The van der Waals surface area contributed by atoms with E-state index in [2.05, 4.69) is 29.7 Å². The largest absolute Gasteiger partial charge is 0.389 e. The first kappa shape index (κ1) is 17.5. The number of β-amino-alcohol motifs (C(OH)–C–C–N with tert-alkyl or cyclic N) is 1. The van der Waals surface area contributed by atoms with Crippen molar-refractivity contribution in [2.24, 2.45) is 5.92 Å². The first-order chi connectivity index (χ1) is 10.6. The van der Waals surface area contributed by atoms with Gasteiger partial charge >= 0.3 is 0 Å². The van der Waals surface area contributed by atoms with Crippen LogP contribution in [0.5, 0.6) is 0 Å². The van der Waals surface area contributed by atoms with Crippen molar-refractivity contribution in [3.05, 3.63) is 29.3 Å². The molecule has 4 nitrogen and oxygen atoms in total. The summed E-state index contributed by atoms with van der Waals surface area (Å²) in [4.78, 5) is 4.59. The van der Waals surface area contributed by atoms with Gasteiger partial charge in [0.05, 0.1) is 23.4 Å². The van der Waals surface area contributed by atoms with Crippen LogP contribution in [-0.4, -0.2) is 62.0 Å². The number of rotatable bonds is 7. The molecular formula is C17H27ClN2O2. The van der Waals surface area contributed by atoms with E-state index in [9.17, 15) is 5.11 Å². The van der Waals surface area contributed by atoms with Gasteiger partial charge < -0.3 is 14.7 Å². The average Bonchev–Trinajstić information content (AvgIpc) is 2.48. The Morgan fingerprint density at radius 2 is 1.82 bits per heavy atom. The van der Waals surface area contributed by atoms with Crippen molar-refractivity contribution in [3.63, 3.8) is 0 Å². The second kappa shape index (κ2) is 8.73. The number of hydrogen-bond acceptors (Lipinski definition) is 4. The Bertz CT molecular complexity index is 448. The zero-order chi connectivity index (χ0) is 15.9. The molecule has 1 atom stereocenters. The Morgan fingerprint density at radius 3 is 2.45 bits per heavy atom. The number of anilines is 1. The second-order valence-electron chi connectivity index (χ2n) is 6.32. The Hall–Kier alpha value is -0.810. The number of halogens is 1. The molecule has 1 heterocycles. The maximum absolute atomic E-state index is 10.0. The molecule has 0 spiro atoms. The molecule has 1 aromatic rings. The number of benzene rings is 1. The molecule has 1 N–H and O–H groups in total. The monoisotopic (exact) mass is 326 g/mol. The molecule has 1 aliphatic heterocycles. The van der Waals surface area contributed by atoms with E-state index in [1.807, 2.05) is 18.2 Å². The maximum Gasteiger partial charge on any atom is 0.0900 e. The van der Waals surface area contributed by atoms with Gasteiger partial charge in [0, 0.05) is 39.3 Å². The quantitative estimate of drug-likeness (QED) is 0.835. The highest BCUT2D eigenvalue weighted by atomic mass is 35.5. The van der Waals surface area contributed by atoms with E-state index in [4.69, 9.17) is 16.3 Å². The van der Waals surface area contributed by atoms with Gasteiger partial charge in [0.2, 0.25) is 0 Å². The highest BCUT2D eigenvalue weighted by Gasteiger charge is 2.20. The molecule has 1 saturated heterocycles. The highest BCUT2D eigenvalue weighted by Crippen LogP contribution is 2.25. The Labute approximate surface area is 138 Å². The van der Waals surface area contributed by atoms with Gasteiger partial charge in [-0.3, -0.25) is 4.90 Å². The number of piperazine rings is 1. The van der Waals surface area contributed by atoms with Crippen molar-refractivity contribution < 1.29 is 9.84 Å². The lowest BCUT2D eigenvalue weighted by Gasteiger charge is -2.37. The number of aliphatic hydroxyl groups excluding tert-OH is 1.